The molecule has 2 rings (SSSR count). The van der Waals surface area contributed by atoms with E-state index >= 15 is 0 Å². The molecule has 3 N–H and O–H groups in total. The molecular formula is C13H22N4O2. The number of aliphatic hydroxyl groups is 1. The largest absolute Gasteiger partial charge is 0.394 e. The molecule has 1 aliphatic rings. The van der Waals surface area contributed by atoms with Gasteiger partial charge in [-0.3, -0.25) is 4.79 Å². The lowest BCUT2D eigenvalue weighted by Gasteiger charge is -2.30. The number of hydrogen-bond donors (Lipinski definition) is 2. The molecule has 1 aromatic heterocycles. The van der Waals surface area contributed by atoms with Crippen molar-refractivity contribution in [1.29, 1.82) is 0 Å². The summed E-state index contributed by atoms with van der Waals surface area (Å²) in [5.74, 6) is 0.101. The molecule has 0 bridgehead atoms. The Bertz CT molecular complexity index is 426. The Balaban J connectivity index is 2.12. The lowest BCUT2D eigenvalue weighted by molar-refractivity contribution is -0.135. The van der Waals surface area contributed by atoms with Gasteiger partial charge in [0.05, 0.1) is 24.7 Å². The van der Waals surface area contributed by atoms with Crippen LogP contribution in [0.3, 0.4) is 0 Å². The fourth-order valence-electron chi connectivity index (χ4n) is 2.52. The summed E-state index contributed by atoms with van der Waals surface area (Å²) in [5, 5.41) is 9.14. The first-order chi connectivity index (χ1) is 9.15. The Labute approximate surface area is 113 Å². The van der Waals surface area contributed by atoms with Crippen LogP contribution in [0, 0.1) is 0 Å². The molecule has 1 fully saturated rings. The number of piperidine rings is 1. The van der Waals surface area contributed by atoms with E-state index in [9.17, 15) is 4.79 Å². The zero-order chi connectivity index (χ0) is 13.8. The molecule has 1 amide bonds. The number of carbonyl (C=O) groups is 1. The van der Waals surface area contributed by atoms with E-state index < -0.39 is 6.04 Å². The van der Waals surface area contributed by atoms with Crippen molar-refractivity contribution in [2.24, 2.45) is 5.73 Å². The summed E-state index contributed by atoms with van der Waals surface area (Å²) in [6.07, 6.45) is 6.57. The van der Waals surface area contributed by atoms with Gasteiger partial charge in [0.2, 0.25) is 5.91 Å². The predicted octanol–water partition coefficient (Wildman–Crippen LogP) is 0.449. The number of nitrogens with zero attached hydrogens (tertiary/aromatic N) is 3. The molecule has 1 saturated heterocycles. The minimum Gasteiger partial charge on any atom is -0.394 e. The Hall–Kier alpha value is -1.40. The smallest absolute Gasteiger partial charge is 0.245 e. The van der Waals surface area contributed by atoms with Gasteiger partial charge in [-0.2, -0.15) is 0 Å². The quantitative estimate of drug-likeness (QED) is 0.828. The number of rotatable bonds is 4. The number of amides is 1. The maximum atomic E-state index is 12.4. The lowest BCUT2D eigenvalue weighted by Crippen LogP contribution is -2.40. The third-order valence-electron chi connectivity index (χ3n) is 3.71. The highest BCUT2D eigenvalue weighted by Crippen LogP contribution is 2.19. The molecule has 106 valence electrons. The third kappa shape index (κ3) is 2.96. The van der Waals surface area contributed by atoms with E-state index in [0.29, 0.717) is 5.69 Å². The van der Waals surface area contributed by atoms with Crippen LogP contribution in [0.15, 0.2) is 12.5 Å². The molecule has 2 atom stereocenters. The van der Waals surface area contributed by atoms with Crippen molar-refractivity contribution in [3.05, 3.63) is 18.2 Å². The Morgan fingerprint density at radius 2 is 2.16 bits per heavy atom. The zero-order valence-electron chi connectivity index (χ0n) is 11.3. The van der Waals surface area contributed by atoms with Crippen molar-refractivity contribution in [1.82, 2.24) is 14.5 Å². The second kappa shape index (κ2) is 6.16. The highest BCUT2D eigenvalue weighted by atomic mass is 16.3. The van der Waals surface area contributed by atoms with Crippen LogP contribution in [0.4, 0.5) is 0 Å². The number of aliphatic hydroxyl groups excluding tert-OH is 1. The van der Waals surface area contributed by atoms with Crippen LogP contribution in [-0.2, 0) is 4.79 Å². The second-order valence-electron chi connectivity index (χ2n) is 5.08. The lowest BCUT2D eigenvalue weighted by atomic mass is 10.1. The summed E-state index contributed by atoms with van der Waals surface area (Å²) in [7, 11) is 0. The fourth-order valence-corrected chi connectivity index (χ4v) is 2.52. The summed E-state index contributed by atoms with van der Waals surface area (Å²) >= 11 is 0. The first-order valence-electron chi connectivity index (χ1n) is 6.82. The van der Waals surface area contributed by atoms with Crippen LogP contribution >= 0.6 is 0 Å². The van der Waals surface area contributed by atoms with E-state index in [-0.39, 0.29) is 18.6 Å². The molecule has 0 radical (unpaired) electrons. The van der Waals surface area contributed by atoms with Crippen molar-refractivity contribution in [2.45, 2.75) is 38.3 Å². The first kappa shape index (κ1) is 14.0. The van der Waals surface area contributed by atoms with Gasteiger partial charge in [-0.05, 0) is 26.2 Å². The Kier molecular flexibility index (Phi) is 4.55. The van der Waals surface area contributed by atoms with E-state index in [1.165, 1.54) is 6.42 Å². The average Bonchev–Trinajstić information content (AvgIpc) is 2.95. The summed E-state index contributed by atoms with van der Waals surface area (Å²) < 4.78 is 1.76. The van der Waals surface area contributed by atoms with E-state index in [1.54, 1.807) is 17.1 Å². The number of likely N-dealkylation sites (tertiary alicyclic amines) is 1. The summed E-state index contributed by atoms with van der Waals surface area (Å²) in [4.78, 5) is 18.4. The molecule has 19 heavy (non-hydrogen) atoms. The van der Waals surface area contributed by atoms with Crippen molar-refractivity contribution >= 4 is 5.91 Å². The van der Waals surface area contributed by atoms with Crippen molar-refractivity contribution in [2.75, 3.05) is 19.7 Å². The van der Waals surface area contributed by atoms with Crippen LogP contribution in [0.1, 0.15) is 44.0 Å². The van der Waals surface area contributed by atoms with E-state index in [0.717, 1.165) is 25.9 Å². The summed E-state index contributed by atoms with van der Waals surface area (Å²) in [6, 6.07) is -0.827. The normalized spacial score (nSPS) is 19.2. The van der Waals surface area contributed by atoms with Crippen molar-refractivity contribution < 1.29 is 9.90 Å². The van der Waals surface area contributed by atoms with E-state index in [2.05, 4.69) is 4.98 Å². The van der Waals surface area contributed by atoms with Gasteiger partial charge in [-0.15, -0.1) is 0 Å². The highest BCUT2D eigenvalue weighted by molar-refractivity contribution is 5.80. The zero-order valence-corrected chi connectivity index (χ0v) is 11.3. The molecule has 6 heteroatoms. The maximum absolute atomic E-state index is 12.4. The van der Waals surface area contributed by atoms with Gasteiger partial charge in [0.1, 0.15) is 6.04 Å². The van der Waals surface area contributed by atoms with E-state index in [4.69, 9.17) is 10.8 Å². The molecule has 2 heterocycles. The van der Waals surface area contributed by atoms with Gasteiger partial charge < -0.3 is 20.3 Å². The highest BCUT2D eigenvalue weighted by Gasteiger charge is 2.25. The molecule has 2 unspecified atom stereocenters. The minimum atomic E-state index is -0.501. The number of aromatic nitrogens is 2. The van der Waals surface area contributed by atoms with Gasteiger partial charge in [-0.25, -0.2) is 4.98 Å². The topological polar surface area (TPSA) is 84.4 Å². The first-order valence-corrected chi connectivity index (χ1v) is 6.82. The molecule has 1 aromatic rings. The second-order valence-corrected chi connectivity index (χ2v) is 5.08. The Morgan fingerprint density at radius 3 is 2.79 bits per heavy atom. The molecule has 6 nitrogen and oxygen atoms in total. The van der Waals surface area contributed by atoms with Crippen LogP contribution in [0.5, 0.6) is 0 Å². The van der Waals surface area contributed by atoms with Crippen molar-refractivity contribution in [3.63, 3.8) is 0 Å². The van der Waals surface area contributed by atoms with Gasteiger partial charge in [-0.1, -0.05) is 0 Å². The minimum absolute atomic E-state index is 0.101. The van der Waals surface area contributed by atoms with Crippen molar-refractivity contribution in [3.8, 4) is 0 Å². The summed E-state index contributed by atoms with van der Waals surface area (Å²) in [6.45, 7) is 3.36. The molecule has 0 aromatic carbocycles. The SMILES string of the molecule is CC(C(=O)N1CCCCC1)n1cncc1C(N)CO. The number of carbonyl (C=O) groups excluding carboxylic acids is 1. The molecule has 0 saturated carbocycles. The monoisotopic (exact) mass is 266 g/mol. The molecule has 0 aliphatic carbocycles. The van der Waals surface area contributed by atoms with Gasteiger partial charge in [0.15, 0.2) is 0 Å². The van der Waals surface area contributed by atoms with Gasteiger partial charge in [0, 0.05) is 19.3 Å². The number of hydrogen-bond acceptors (Lipinski definition) is 4. The third-order valence-corrected chi connectivity index (χ3v) is 3.71. The van der Waals surface area contributed by atoms with Crippen LogP contribution < -0.4 is 5.73 Å². The van der Waals surface area contributed by atoms with Crippen LogP contribution in [0.2, 0.25) is 0 Å². The number of imidazole rings is 1. The predicted molar refractivity (Wildman–Crippen MR) is 71.4 cm³/mol. The fraction of sp³-hybridized carbons (Fsp3) is 0.692. The van der Waals surface area contributed by atoms with Gasteiger partial charge >= 0.3 is 0 Å². The van der Waals surface area contributed by atoms with Gasteiger partial charge in [0.25, 0.3) is 0 Å². The average molecular weight is 266 g/mol. The summed E-state index contributed by atoms with van der Waals surface area (Å²) in [5.41, 5.74) is 6.51. The molecule has 1 aliphatic heterocycles. The number of nitrogens with two attached hydrogens (primary N) is 1. The molecule has 0 spiro atoms. The van der Waals surface area contributed by atoms with Crippen LogP contribution in [-0.4, -0.2) is 45.2 Å². The van der Waals surface area contributed by atoms with Crippen LogP contribution in [0.25, 0.3) is 0 Å². The maximum Gasteiger partial charge on any atom is 0.245 e. The standard InChI is InChI=1S/C13H22N4O2/c1-10(13(19)16-5-3-2-4-6-16)17-9-15-7-12(17)11(14)8-18/h7,9-11,18H,2-6,8,14H2,1H3. The Morgan fingerprint density at radius 1 is 1.47 bits per heavy atom. The molecular weight excluding hydrogens is 244 g/mol. The van der Waals surface area contributed by atoms with E-state index in [1.807, 2.05) is 11.8 Å².